The molecule has 1 heterocycles. The van der Waals surface area contributed by atoms with E-state index in [0.29, 0.717) is 10.8 Å². The highest BCUT2D eigenvalue weighted by Gasteiger charge is 2.10. The molecule has 0 saturated heterocycles. The van der Waals surface area contributed by atoms with Crippen molar-refractivity contribution in [3.05, 3.63) is 36.2 Å². The predicted octanol–water partition coefficient (Wildman–Crippen LogP) is 0.634. The molecule has 0 unspecified atom stereocenters. The summed E-state index contributed by atoms with van der Waals surface area (Å²) < 4.78 is 0. The molecule has 98 valence electrons. The van der Waals surface area contributed by atoms with Gasteiger partial charge < -0.3 is 11.1 Å². The predicted molar refractivity (Wildman–Crippen MR) is 70.7 cm³/mol. The summed E-state index contributed by atoms with van der Waals surface area (Å²) in [6.07, 6.45) is 1.36. The van der Waals surface area contributed by atoms with E-state index >= 15 is 0 Å². The Morgan fingerprint density at radius 2 is 2.16 bits per heavy atom. The van der Waals surface area contributed by atoms with Crippen LogP contribution in [0, 0.1) is 0 Å². The minimum Gasteiger partial charge on any atom is -0.366 e. The van der Waals surface area contributed by atoms with Gasteiger partial charge in [-0.15, -0.1) is 0 Å². The smallest absolute Gasteiger partial charge is 0.250 e. The molecule has 0 aliphatic rings. The Kier molecular flexibility index (Phi) is 4.14. The van der Waals surface area contributed by atoms with Crippen LogP contribution in [0.5, 0.6) is 0 Å². The van der Waals surface area contributed by atoms with Crippen LogP contribution in [-0.4, -0.2) is 32.7 Å². The fraction of sp³-hybridized carbons (Fsp3) is 0.0909. The molecule has 0 atom stereocenters. The number of nitrogens with one attached hydrogen (secondary N) is 2. The second-order valence-electron chi connectivity index (χ2n) is 3.54. The van der Waals surface area contributed by atoms with E-state index in [1.54, 1.807) is 24.3 Å². The van der Waals surface area contributed by atoms with E-state index in [0.717, 1.165) is 0 Å². The highest BCUT2D eigenvalue weighted by molar-refractivity contribution is 7.99. The maximum Gasteiger partial charge on any atom is 0.250 e. The third-order valence-electron chi connectivity index (χ3n) is 2.20. The Bertz CT molecular complexity index is 585. The van der Waals surface area contributed by atoms with Crippen molar-refractivity contribution in [1.82, 2.24) is 15.2 Å². The van der Waals surface area contributed by atoms with E-state index < -0.39 is 5.91 Å². The molecule has 0 bridgehead atoms. The average molecular weight is 277 g/mol. The van der Waals surface area contributed by atoms with Gasteiger partial charge in [-0.2, -0.15) is 5.10 Å². The van der Waals surface area contributed by atoms with Gasteiger partial charge in [0, 0.05) is 0 Å². The Balaban J connectivity index is 1.97. The molecule has 0 radical (unpaired) electrons. The lowest BCUT2D eigenvalue weighted by Crippen LogP contribution is -2.19. The highest BCUT2D eigenvalue weighted by atomic mass is 32.2. The molecule has 2 aromatic rings. The van der Waals surface area contributed by atoms with E-state index in [1.807, 2.05) is 0 Å². The number of primary amides is 1. The zero-order valence-electron chi connectivity index (χ0n) is 9.79. The SMILES string of the molecule is NC(=O)c1ccccc1NC(=O)CSc1ncn[nH]1. The zero-order valence-corrected chi connectivity index (χ0v) is 10.6. The summed E-state index contributed by atoms with van der Waals surface area (Å²) in [5, 5.41) is 9.49. The largest absolute Gasteiger partial charge is 0.366 e. The van der Waals surface area contributed by atoms with Gasteiger partial charge in [0.1, 0.15) is 6.33 Å². The molecule has 8 heteroatoms. The van der Waals surface area contributed by atoms with Crippen molar-refractivity contribution in [3.63, 3.8) is 0 Å². The molecule has 2 amide bonds. The number of aromatic nitrogens is 3. The summed E-state index contributed by atoms with van der Waals surface area (Å²) in [6.45, 7) is 0. The summed E-state index contributed by atoms with van der Waals surface area (Å²) in [5.41, 5.74) is 5.90. The molecule has 0 aliphatic carbocycles. The van der Waals surface area contributed by atoms with Crippen molar-refractivity contribution in [2.45, 2.75) is 5.16 Å². The summed E-state index contributed by atoms with van der Waals surface area (Å²) in [6, 6.07) is 6.57. The van der Waals surface area contributed by atoms with Gasteiger partial charge in [-0.1, -0.05) is 23.9 Å². The first-order valence-electron chi connectivity index (χ1n) is 5.33. The minimum atomic E-state index is -0.584. The number of aromatic amines is 1. The van der Waals surface area contributed by atoms with Gasteiger partial charge in [-0.05, 0) is 12.1 Å². The summed E-state index contributed by atoms with van der Waals surface area (Å²) in [7, 11) is 0. The molecule has 0 spiro atoms. The van der Waals surface area contributed by atoms with Crippen LogP contribution in [-0.2, 0) is 4.79 Å². The van der Waals surface area contributed by atoms with E-state index in [1.165, 1.54) is 18.1 Å². The molecule has 0 aliphatic heterocycles. The lowest BCUT2D eigenvalue weighted by Gasteiger charge is -2.07. The van der Waals surface area contributed by atoms with Crippen molar-refractivity contribution in [3.8, 4) is 0 Å². The van der Waals surface area contributed by atoms with Crippen molar-refractivity contribution < 1.29 is 9.59 Å². The van der Waals surface area contributed by atoms with Gasteiger partial charge in [0.25, 0.3) is 5.91 Å². The van der Waals surface area contributed by atoms with Crippen LogP contribution in [0.25, 0.3) is 0 Å². The number of nitrogens with zero attached hydrogens (tertiary/aromatic N) is 2. The quantitative estimate of drug-likeness (QED) is 0.694. The van der Waals surface area contributed by atoms with Gasteiger partial charge in [-0.3, -0.25) is 14.7 Å². The normalized spacial score (nSPS) is 10.1. The van der Waals surface area contributed by atoms with Gasteiger partial charge in [0.15, 0.2) is 5.16 Å². The molecule has 7 nitrogen and oxygen atoms in total. The molecule has 1 aromatic carbocycles. The van der Waals surface area contributed by atoms with E-state index in [-0.39, 0.29) is 17.2 Å². The van der Waals surface area contributed by atoms with E-state index in [9.17, 15) is 9.59 Å². The number of H-pyrrole nitrogens is 1. The maximum absolute atomic E-state index is 11.7. The standard InChI is InChI=1S/C11H11N5O2S/c12-10(18)7-3-1-2-4-8(7)15-9(17)5-19-11-13-6-14-16-11/h1-4,6H,5H2,(H2,12,18)(H,15,17)(H,13,14,16). The number of benzene rings is 1. The lowest BCUT2D eigenvalue weighted by molar-refractivity contribution is -0.113. The molecular formula is C11H11N5O2S. The third-order valence-corrected chi connectivity index (χ3v) is 3.08. The molecular weight excluding hydrogens is 266 g/mol. The minimum absolute atomic E-state index is 0.155. The van der Waals surface area contributed by atoms with Crippen LogP contribution in [0.4, 0.5) is 5.69 Å². The van der Waals surface area contributed by atoms with Gasteiger partial charge in [0.05, 0.1) is 17.0 Å². The number of rotatable bonds is 5. The second-order valence-corrected chi connectivity index (χ2v) is 4.50. The maximum atomic E-state index is 11.7. The van der Waals surface area contributed by atoms with Crippen molar-refractivity contribution in [2.75, 3.05) is 11.1 Å². The fourth-order valence-corrected chi connectivity index (χ4v) is 1.97. The lowest BCUT2D eigenvalue weighted by atomic mass is 10.1. The second kappa shape index (κ2) is 6.01. The Morgan fingerprint density at radius 1 is 1.37 bits per heavy atom. The number of anilines is 1. The number of hydrogen-bond acceptors (Lipinski definition) is 5. The molecule has 2 rings (SSSR count). The first-order chi connectivity index (χ1) is 9.16. The molecule has 0 fully saturated rings. The summed E-state index contributed by atoms with van der Waals surface area (Å²) >= 11 is 1.21. The number of nitrogens with two attached hydrogens (primary N) is 1. The van der Waals surface area contributed by atoms with Crippen LogP contribution in [0.2, 0.25) is 0 Å². The van der Waals surface area contributed by atoms with Crippen molar-refractivity contribution in [2.24, 2.45) is 5.73 Å². The summed E-state index contributed by atoms with van der Waals surface area (Å²) in [4.78, 5) is 26.8. The number of amides is 2. The number of hydrogen-bond donors (Lipinski definition) is 3. The number of carbonyl (C=O) groups excluding carboxylic acids is 2. The average Bonchev–Trinajstić information content (AvgIpc) is 2.90. The van der Waals surface area contributed by atoms with Crippen LogP contribution in [0.15, 0.2) is 35.7 Å². The van der Waals surface area contributed by atoms with Gasteiger partial charge in [-0.25, -0.2) is 4.98 Å². The molecule has 4 N–H and O–H groups in total. The number of para-hydroxylation sites is 1. The van der Waals surface area contributed by atoms with Crippen molar-refractivity contribution in [1.29, 1.82) is 0 Å². The highest BCUT2D eigenvalue weighted by Crippen LogP contribution is 2.16. The van der Waals surface area contributed by atoms with Crippen molar-refractivity contribution >= 4 is 29.3 Å². The van der Waals surface area contributed by atoms with E-state index in [4.69, 9.17) is 5.73 Å². The van der Waals surface area contributed by atoms with Gasteiger partial charge in [0.2, 0.25) is 5.91 Å². The molecule has 19 heavy (non-hydrogen) atoms. The fourth-order valence-electron chi connectivity index (χ4n) is 1.39. The third kappa shape index (κ3) is 3.55. The van der Waals surface area contributed by atoms with Crippen LogP contribution in [0.1, 0.15) is 10.4 Å². The first kappa shape index (κ1) is 13.1. The van der Waals surface area contributed by atoms with Crippen LogP contribution in [0.3, 0.4) is 0 Å². The Labute approximate surface area is 113 Å². The zero-order chi connectivity index (χ0) is 13.7. The molecule has 0 saturated carbocycles. The monoisotopic (exact) mass is 277 g/mol. The van der Waals surface area contributed by atoms with E-state index in [2.05, 4.69) is 20.5 Å². The van der Waals surface area contributed by atoms with Gasteiger partial charge >= 0.3 is 0 Å². The number of thioether (sulfide) groups is 1. The first-order valence-corrected chi connectivity index (χ1v) is 6.32. The topological polar surface area (TPSA) is 114 Å². The summed E-state index contributed by atoms with van der Waals surface area (Å²) in [5.74, 6) is -0.684. The number of carbonyl (C=O) groups is 2. The van der Waals surface area contributed by atoms with Crippen LogP contribution < -0.4 is 11.1 Å². The Hall–Kier alpha value is -2.35. The Morgan fingerprint density at radius 3 is 2.84 bits per heavy atom. The van der Waals surface area contributed by atoms with Crippen LogP contribution >= 0.6 is 11.8 Å². The molecule has 1 aromatic heterocycles.